The molecule has 18 heavy (non-hydrogen) atoms. The van der Waals surface area contributed by atoms with Gasteiger partial charge in [0.25, 0.3) is 5.91 Å². The molecule has 0 bridgehead atoms. The fraction of sp³-hybridized carbons (Fsp3) is 0. The molecule has 0 fully saturated rings. The van der Waals surface area contributed by atoms with Gasteiger partial charge in [0.15, 0.2) is 10.8 Å². The van der Waals surface area contributed by atoms with Crippen LogP contribution < -0.4 is 5.32 Å². The maximum absolute atomic E-state index is 11.7. The summed E-state index contributed by atoms with van der Waals surface area (Å²) in [5.74, 6) is -0.341. The van der Waals surface area contributed by atoms with Crippen molar-refractivity contribution in [2.45, 2.75) is 0 Å². The van der Waals surface area contributed by atoms with Gasteiger partial charge in [-0.3, -0.25) is 4.79 Å². The van der Waals surface area contributed by atoms with Crippen LogP contribution in [-0.4, -0.2) is 26.1 Å². The van der Waals surface area contributed by atoms with Crippen molar-refractivity contribution in [3.8, 4) is 0 Å². The van der Waals surface area contributed by atoms with E-state index in [1.165, 1.54) is 18.2 Å². The molecule has 2 heterocycles. The van der Waals surface area contributed by atoms with Crippen LogP contribution >= 0.6 is 34.8 Å². The zero-order valence-electron chi connectivity index (χ0n) is 8.56. The highest BCUT2D eigenvalue weighted by Gasteiger charge is 2.10. The lowest BCUT2D eigenvalue weighted by Gasteiger charge is -2.03. The molecule has 0 aliphatic heterocycles. The Morgan fingerprint density at radius 2 is 1.83 bits per heavy atom. The summed E-state index contributed by atoms with van der Waals surface area (Å²) in [6, 6.07) is 4.23. The van der Waals surface area contributed by atoms with Crippen LogP contribution in [0.1, 0.15) is 10.5 Å². The van der Waals surface area contributed by atoms with Crippen LogP contribution in [0.3, 0.4) is 0 Å². The van der Waals surface area contributed by atoms with Crippen molar-refractivity contribution in [2.75, 3.05) is 5.32 Å². The predicted octanol–water partition coefficient (Wildman–Crippen LogP) is 2.48. The second-order valence-electron chi connectivity index (χ2n) is 3.04. The van der Waals surface area contributed by atoms with E-state index in [2.05, 4.69) is 25.5 Å². The molecule has 2 aromatic rings. The number of amides is 1. The van der Waals surface area contributed by atoms with Gasteiger partial charge in [-0.25, -0.2) is 9.97 Å². The number of anilines is 1. The Hall–Kier alpha value is -1.50. The monoisotopic (exact) mass is 303 g/mol. The van der Waals surface area contributed by atoms with Crippen LogP contribution in [0.5, 0.6) is 0 Å². The van der Waals surface area contributed by atoms with Gasteiger partial charge in [0.05, 0.1) is 0 Å². The van der Waals surface area contributed by atoms with Crippen LogP contribution in [0.25, 0.3) is 0 Å². The summed E-state index contributed by atoms with van der Waals surface area (Å²) in [5.41, 5.74) is 0.0882. The lowest BCUT2D eigenvalue weighted by molar-refractivity contribution is 0.102. The number of hydrogen-bond donors (Lipinski definition) is 1. The lowest BCUT2D eigenvalue weighted by Crippen LogP contribution is -2.15. The standard InChI is InChI=1S/C9H4Cl3N5O/c10-5-2-1-4(16-17-5)8(18)14-7-3-6(11)13-9(12)15-7/h1-3H,(H,13,14,15,18). The second-order valence-corrected chi connectivity index (χ2v) is 4.15. The minimum Gasteiger partial charge on any atom is -0.305 e. The van der Waals surface area contributed by atoms with Crippen LogP contribution in [-0.2, 0) is 0 Å². The van der Waals surface area contributed by atoms with E-state index in [0.29, 0.717) is 0 Å². The Kier molecular flexibility index (Phi) is 3.90. The van der Waals surface area contributed by atoms with Gasteiger partial charge in [-0.2, -0.15) is 0 Å². The van der Waals surface area contributed by atoms with E-state index in [4.69, 9.17) is 34.8 Å². The third-order valence-corrected chi connectivity index (χ3v) is 2.34. The summed E-state index contributed by atoms with van der Waals surface area (Å²) < 4.78 is 0. The number of carbonyl (C=O) groups is 1. The normalized spacial score (nSPS) is 10.2. The smallest absolute Gasteiger partial charge is 0.277 e. The fourth-order valence-corrected chi connectivity index (χ4v) is 1.58. The Morgan fingerprint density at radius 1 is 1.06 bits per heavy atom. The molecule has 9 heteroatoms. The molecule has 0 aliphatic carbocycles. The van der Waals surface area contributed by atoms with Gasteiger partial charge < -0.3 is 5.32 Å². The first kappa shape index (κ1) is 12.9. The summed E-state index contributed by atoms with van der Waals surface area (Å²) in [6.45, 7) is 0. The van der Waals surface area contributed by atoms with E-state index < -0.39 is 5.91 Å². The number of nitrogens with one attached hydrogen (secondary N) is 1. The first-order valence-electron chi connectivity index (χ1n) is 4.55. The average molecular weight is 305 g/mol. The van der Waals surface area contributed by atoms with E-state index in [-0.39, 0.29) is 27.1 Å². The molecule has 0 saturated carbocycles. The van der Waals surface area contributed by atoms with E-state index >= 15 is 0 Å². The Morgan fingerprint density at radius 3 is 2.44 bits per heavy atom. The molecule has 2 aromatic heterocycles. The third kappa shape index (κ3) is 3.25. The van der Waals surface area contributed by atoms with Crippen molar-refractivity contribution in [1.82, 2.24) is 20.2 Å². The minimum atomic E-state index is -0.509. The number of carbonyl (C=O) groups excluding carboxylic acids is 1. The summed E-state index contributed by atoms with van der Waals surface area (Å²) in [6.07, 6.45) is 0. The minimum absolute atomic E-state index is 0.0695. The van der Waals surface area contributed by atoms with Gasteiger partial charge >= 0.3 is 0 Å². The van der Waals surface area contributed by atoms with Crippen molar-refractivity contribution in [3.63, 3.8) is 0 Å². The molecule has 1 N–H and O–H groups in total. The maximum Gasteiger partial charge on any atom is 0.277 e. The molecule has 0 spiro atoms. The lowest BCUT2D eigenvalue weighted by atomic mass is 10.3. The topological polar surface area (TPSA) is 80.7 Å². The molecule has 6 nitrogen and oxygen atoms in total. The van der Waals surface area contributed by atoms with Crippen molar-refractivity contribution in [1.29, 1.82) is 0 Å². The molecule has 0 aliphatic rings. The van der Waals surface area contributed by atoms with Crippen LogP contribution in [0.4, 0.5) is 5.82 Å². The van der Waals surface area contributed by atoms with Gasteiger partial charge in [-0.05, 0) is 23.7 Å². The Bertz CT molecular complexity index is 569. The fourth-order valence-electron chi connectivity index (χ4n) is 1.07. The Balaban J connectivity index is 2.18. The van der Waals surface area contributed by atoms with Crippen LogP contribution in [0.2, 0.25) is 15.6 Å². The number of nitrogens with zero attached hydrogens (tertiary/aromatic N) is 4. The number of aromatic nitrogens is 4. The molecule has 0 radical (unpaired) electrons. The van der Waals surface area contributed by atoms with E-state index in [0.717, 1.165) is 0 Å². The molecule has 0 atom stereocenters. The van der Waals surface area contributed by atoms with Crippen LogP contribution in [0.15, 0.2) is 18.2 Å². The SMILES string of the molecule is O=C(Nc1cc(Cl)nc(Cl)n1)c1ccc(Cl)nn1. The van der Waals surface area contributed by atoms with E-state index in [1.54, 1.807) is 0 Å². The quantitative estimate of drug-likeness (QED) is 0.681. The predicted molar refractivity (Wildman–Crippen MR) is 67.0 cm³/mol. The van der Waals surface area contributed by atoms with Gasteiger partial charge in [0, 0.05) is 6.07 Å². The van der Waals surface area contributed by atoms with Crippen molar-refractivity contribution >= 4 is 46.5 Å². The highest BCUT2D eigenvalue weighted by molar-refractivity contribution is 6.32. The highest BCUT2D eigenvalue weighted by atomic mass is 35.5. The number of hydrogen-bond acceptors (Lipinski definition) is 5. The second kappa shape index (κ2) is 5.43. The summed E-state index contributed by atoms with van der Waals surface area (Å²) in [5, 5.41) is 9.86. The molecule has 92 valence electrons. The first-order valence-corrected chi connectivity index (χ1v) is 5.68. The van der Waals surface area contributed by atoms with Gasteiger partial charge in [0.1, 0.15) is 11.0 Å². The largest absolute Gasteiger partial charge is 0.305 e. The molecule has 0 saturated heterocycles. The molecule has 0 aromatic carbocycles. The van der Waals surface area contributed by atoms with Gasteiger partial charge in [0.2, 0.25) is 5.28 Å². The van der Waals surface area contributed by atoms with Crippen molar-refractivity contribution < 1.29 is 4.79 Å². The number of rotatable bonds is 2. The first-order chi connectivity index (χ1) is 8.54. The number of halogens is 3. The van der Waals surface area contributed by atoms with Crippen LogP contribution in [0, 0.1) is 0 Å². The zero-order chi connectivity index (χ0) is 13.1. The molecule has 0 unspecified atom stereocenters. The van der Waals surface area contributed by atoms with Crippen molar-refractivity contribution in [2.24, 2.45) is 0 Å². The van der Waals surface area contributed by atoms with E-state index in [9.17, 15) is 4.79 Å². The summed E-state index contributed by atoms with van der Waals surface area (Å²) in [4.78, 5) is 19.2. The van der Waals surface area contributed by atoms with E-state index in [1.807, 2.05) is 0 Å². The average Bonchev–Trinajstić information content (AvgIpc) is 2.28. The Labute approximate surface area is 116 Å². The maximum atomic E-state index is 11.7. The molecule has 2 rings (SSSR count). The van der Waals surface area contributed by atoms with Gasteiger partial charge in [-0.1, -0.05) is 23.2 Å². The summed E-state index contributed by atoms with van der Waals surface area (Å²) in [7, 11) is 0. The molecular formula is C9H4Cl3N5O. The third-order valence-electron chi connectivity index (χ3n) is 1.77. The van der Waals surface area contributed by atoms with Crippen molar-refractivity contribution in [3.05, 3.63) is 39.5 Å². The molecular weight excluding hydrogens is 300 g/mol. The summed E-state index contributed by atoms with van der Waals surface area (Å²) >= 11 is 16.8. The van der Waals surface area contributed by atoms with Gasteiger partial charge in [-0.15, -0.1) is 10.2 Å². The highest BCUT2D eigenvalue weighted by Crippen LogP contribution is 2.15. The molecule has 1 amide bonds. The zero-order valence-corrected chi connectivity index (χ0v) is 10.8.